The summed E-state index contributed by atoms with van der Waals surface area (Å²) in [7, 11) is 0.654. The Morgan fingerprint density at radius 2 is 1.90 bits per heavy atom. The van der Waals surface area contributed by atoms with Gasteiger partial charge in [-0.3, -0.25) is 4.79 Å². The van der Waals surface area contributed by atoms with Gasteiger partial charge in [-0.2, -0.15) is 13.2 Å². The summed E-state index contributed by atoms with van der Waals surface area (Å²) in [4.78, 5) is 10.7. The van der Waals surface area contributed by atoms with Crippen LogP contribution in [0, 0.1) is 5.82 Å². The van der Waals surface area contributed by atoms with Crippen molar-refractivity contribution in [2.45, 2.75) is 11.1 Å². The molecule has 112 valence electrons. The minimum absolute atomic E-state index is 0.423. The highest BCUT2D eigenvalue weighted by atomic mass is 79.9. The molecule has 11 heteroatoms. The van der Waals surface area contributed by atoms with Gasteiger partial charge in [0.1, 0.15) is 17.3 Å². The van der Waals surface area contributed by atoms with E-state index in [1.807, 2.05) is 0 Å². The van der Waals surface area contributed by atoms with E-state index in [0.717, 1.165) is 0 Å². The van der Waals surface area contributed by atoms with Gasteiger partial charge in [0.05, 0.1) is 10.0 Å². The molecule has 0 radical (unpaired) electrons. The van der Waals surface area contributed by atoms with E-state index in [-0.39, 0.29) is 0 Å². The monoisotopic (exact) mass is 397 g/mol. The van der Waals surface area contributed by atoms with Crippen LogP contribution in [-0.2, 0) is 9.05 Å². The Morgan fingerprint density at radius 3 is 2.35 bits per heavy atom. The molecule has 0 aliphatic rings. The molecule has 1 N–H and O–H groups in total. The van der Waals surface area contributed by atoms with E-state index < -0.39 is 48.4 Å². The molecule has 0 unspecified atom stereocenters. The fourth-order valence-electron chi connectivity index (χ4n) is 1.18. The first kappa shape index (κ1) is 17.2. The highest BCUT2D eigenvalue weighted by Gasteiger charge is 2.29. The molecule has 0 spiro atoms. The zero-order valence-corrected chi connectivity index (χ0v) is 12.4. The number of carbonyl (C=O) groups is 1. The fourth-order valence-corrected chi connectivity index (χ4v) is 3.45. The summed E-state index contributed by atoms with van der Waals surface area (Å²) in [5.74, 6) is -2.43. The highest BCUT2D eigenvalue weighted by molar-refractivity contribution is 9.10. The summed E-state index contributed by atoms with van der Waals surface area (Å²) in [5, 5.41) is 1.49. The lowest BCUT2D eigenvalue weighted by molar-refractivity contribution is -0.123. The first-order chi connectivity index (χ1) is 8.92. The molecule has 0 aromatic heterocycles. The van der Waals surface area contributed by atoms with Crippen LogP contribution in [0.1, 0.15) is 10.4 Å². The second kappa shape index (κ2) is 5.86. The summed E-state index contributed by atoms with van der Waals surface area (Å²) in [5.41, 5.74) is -0.617. The second-order valence-corrected chi connectivity index (χ2v) is 6.83. The lowest BCUT2D eigenvalue weighted by Gasteiger charge is -2.11. The Kier molecular flexibility index (Phi) is 5.03. The van der Waals surface area contributed by atoms with Gasteiger partial charge in [0.15, 0.2) is 0 Å². The third-order valence-electron chi connectivity index (χ3n) is 1.96. The first-order valence-electron chi connectivity index (χ1n) is 4.70. The number of hydrogen-bond acceptors (Lipinski definition) is 3. The maximum absolute atomic E-state index is 13.2. The quantitative estimate of drug-likeness (QED) is 0.629. The molecule has 1 aromatic carbocycles. The van der Waals surface area contributed by atoms with Gasteiger partial charge in [-0.05, 0) is 28.1 Å². The highest BCUT2D eigenvalue weighted by Crippen LogP contribution is 2.29. The van der Waals surface area contributed by atoms with Crippen molar-refractivity contribution in [3.8, 4) is 0 Å². The van der Waals surface area contributed by atoms with Crippen LogP contribution in [0.3, 0.4) is 0 Å². The molecule has 0 aliphatic heterocycles. The van der Waals surface area contributed by atoms with Gasteiger partial charge in [0.2, 0.25) is 0 Å². The van der Waals surface area contributed by atoms with Gasteiger partial charge in [-0.15, -0.1) is 0 Å². The molecule has 1 rings (SSSR count). The summed E-state index contributed by atoms with van der Waals surface area (Å²) in [6.45, 7) is -1.64. The normalized spacial score (nSPS) is 12.3. The van der Waals surface area contributed by atoms with Crippen LogP contribution >= 0.6 is 26.6 Å². The fraction of sp³-hybridized carbons (Fsp3) is 0.222. The minimum Gasteiger partial charge on any atom is -0.343 e. The Balaban J connectivity index is 3.20. The van der Waals surface area contributed by atoms with Crippen molar-refractivity contribution in [1.29, 1.82) is 0 Å². The Labute approximate surface area is 123 Å². The zero-order valence-electron chi connectivity index (χ0n) is 9.26. The number of amides is 1. The topological polar surface area (TPSA) is 63.2 Å². The molecule has 0 atom stereocenters. The molecule has 1 aromatic rings. The molecular formula is C9H5BrClF4NO3S. The van der Waals surface area contributed by atoms with Crippen molar-refractivity contribution in [2.75, 3.05) is 6.54 Å². The van der Waals surface area contributed by atoms with Crippen LogP contribution < -0.4 is 5.32 Å². The molecule has 0 saturated carbocycles. The molecular weight excluding hydrogens is 394 g/mol. The lowest BCUT2D eigenvalue weighted by Crippen LogP contribution is -2.34. The third-order valence-corrected chi connectivity index (χ3v) is 4.42. The summed E-state index contributed by atoms with van der Waals surface area (Å²) in [6, 6.07) is 1.12. The molecule has 0 saturated heterocycles. The van der Waals surface area contributed by atoms with Crippen LogP contribution in [-0.4, -0.2) is 27.0 Å². The Bertz CT molecular complexity index is 647. The molecule has 0 fully saturated rings. The SMILES string of the molecule is O=C(NCC(F)(F)F)c1cc(F)cc(S(=O)(=O)Cl)c1Br. The summed E-state index contributed by atoms with van der Waals surface area (Å²) >= 11 is 2.70. The van der Waals surface area contributed by atoms with Crippen LogP contribution in [0.4, 0.5) is 17.6 Å². The molecule has 20 heavy (non-hydrogen) atoms. The maximum atomic E-state index is 13.2. The number of nitrogens with one attached hydrogen (secondary N) is 1. The van der Waals surface area contributed by atoms with Crippen LogP contribution in [0.15, 0.2) is 21.5 Å². The average Bonchev–Trinajstić information content (AvgIpc) is 2.26. The second-order valence-electron chi connectivity index (χ2n) is 3.50. The van der Waals surface area contributed by atoms with Gasteiger partial charge in [0.25, 0.3) is 15.0 Å². The van der Waals surface area contributed by atoms with Gasteiger partial charge < -0.3 is 5.32 Å². The molecule has 0 aliphatic carbocycles. The van der Waals surface area contributed by atoms with E-state index in [2.05, 4.69) is 15.9 Å². The van der Waals surface area contributed by atoms with E-state index in [4.69, 9.17) is 10.7 Å². The lowest BCUT2D eigenvalue weighted by atomic mass is 10.2. The molecule has 0 heterocycles. The number of rotatable bonds is 3. The molecule has 0 bridgehead atoms. The molecule has 4 nitrogen and oxygen atoms in total. The van der Waals surface area contributed by atoms with Gasteiger partial charge >= 0.3 is 6.18 Å². The standard InChI is InChI=1S/C9H5BrClF4NO3S/c10-7-5(8(17)16-3-9(13,14)15)1-4(12)2-6(7)20(11,18)19/h1-2H,3H2,(H,16,17). The summed E-state index contributed by atoms with van der Waals surface area (Å²) in [6.07, 6.45) is -4.66. The van der Waals surface area contributed by atoms with E-state index in [0.29, 0.717) is 12.1 Å². The van der Waals surface area contributed by atoms with Crippen molar-refractivity contribution in [3.63, 3.8) is 0 Å². The smallest absolute Gasteiger partial charge is 0.343 e. The number of alkyl halides is 3. The molecule has 1 amide bonds. The predicted octanol–water partition coefficient (Wildman–Crippen LogP) is 2.81. The number of carbonyl (C=O) groups excluding carboxylic acids is 1. The Hall–Kier alpha value is -0.870. The largest absolute Gasteiger partial charge is 0.405 e. The van der Waals surface area contributed by atoms with Gasteiger partial charge in [-0.1, -0.05) is 0 Å². The van der Waals surface area contributed by atoms with Crippen molar-refractivity contribution < 1.29 is 30.8 Å². The Morgan fingerprint density at radius 1 is 1.35 bits per heavy atom. The summed E-state index contributed by atoms with van der Waals surface area (Å²) < 4.78 is 71.0. The van der Waals surface area contributed by atoms with Crippen LogP contribution in [0.5, 0.6) is 0 Å². The first-order valence-corrected chi connectivity index (χ1v) is 7.80. The number of halogens is 6. The van der Waals surface area contributed by atoms with E-state index in [1.165, 1.54) is 5.32 Å². The average molecular weight is 399 g/mol. The zero-order chi connectivity index (χ0) is 15.7. The van der Waals surface area contributed by atoms with Crippen molar-refractivity contribution in [2.24, 2.45) is 0 Å². The van der Waals surface area contributed by atoms with Crippen LogP contribution in [0.2, 0.25) is 0 Å². The maximum Gasteiger partial charge on any atom is 0.405 e. The van der Waals surface area contributed by atoms with E-state index in [1.54, 1.807) is 0 Å². The van der Waals surface area contributed by atoms with Gasteiger partial charge in [0, 0.05) is 10.7 Å². The van der Waals surface area contributed by atoms with Crippen molar-refractivity contribution >= 4 is 41.6 Å². The predicted molar refractivity (Wildman–Crippen MR) is 65.5 cm³/mol. The van der Waals surface area contributed by atoms with E-state index in [9.17, 15) is 30.8 Å². The van der Waals surface area contributed by atoms with Crippen molar-refractivity contribution in [3.05, 3.63) is 28.0 Å². The van der Waals surface area contributed by atoms with Crippen molar-refractivity contribution in [1.82, 2.24) is 5.32 Å². The van der Waals surface area contributed by atoms with Gasteiger partial charge in [-0.25, -0.2) is 12.8 Å². The minimum atomic E-state index is -4.66. The van der Waals surface area contributed by atoms with E-state index >= 15 is 0 Å². The number of benzene rings is 1. The number of hydrogen-bond donors (Lipinski definition) is 1. The third kappa shape index (κ3) is 4.60. The van der Waals surface area contributed by atoms with Crippen LogP contribution in [0.25, 0.3) is 0 Å².